The minimum Gasteiger partial charge on any atom is -0.486 e. The van der Waals surface area contributed by atoms with Crippen molar-refractivity contribution in [1.82, 2.24) is 9.80 Å². The molecule has 0 unspecified atom stereocenters. The number of carbonyl (C=O) groups excluding carboxylic acids is 2. The molecule has 3 atom stereocenters. The summed E-state index contributed by atoms with van der Waals surface area (Å²) in [5.74, 6) is 0.851. The number of hydrogen-bond acceptors (Lipinski definition) is 5. The van der Waals surface area contributed by atoms with Crippen LogP contribution in [0.15, 0.2) is 60.7 Å². The molecule has 3 amide bonds. The highest BCUT2D eigenvalue weighted by atomic mass is 16.5. The smallest absolute Gasteiger partial charge is 0.323 e. The molecule has 0 bridgehead atoms. The average molecular weight is 573 g/mol. The Kier molecular flexibility index (Phi) is 9.65. The molecule has 1 fully saturated rings. The summed E-state index contributed by atoms with van der Waals surface area (Å²) in [5.41, 5.74) is 1.51. The van der Waals surface area contributed by atoms with Gasteiger partial charge in [-0.05, 0) is 56.3 Å². The van der Waals surface area contributed by atoms with Crippen LogP contribution in [0.2, 0.25) is 0 Å². The molecule has 1 saturated carbocycles. The van der Waals surface area contributed by atoms with E-state index in [9.17, 15) is 14.7 Å². The number of aliphatic hydroxyl groups excluding tert-OH is 1. The van der Waals surface area contributed by atoms with Crippen LogP contribution in [-0.4, -0.2) is 72.3 Å². The molecule has 0 saturated heterocycles. The van der Waals surface area contributed by atoms with E-state index in [4.69, 9.17) is 4.74 Å². The van der Waals surface area contributed by atoms with Crippen molar-refractivity contribution >= 4 is 34.1 Å². The third kappa shape index (κ3) is 6.88. The molecule has 1 heterocycles. The fraction of sp³-hybridized carbons (Fsp3) is 0.471. The Bertz CT molecular complexity index is 1380. The summed E-state index contributed by atoms with van der Waals surface area (Å²) in [5, 5.41) is 17.9. The van der Waals surface area contributed by atoms with Crippen molar-refractivity contribution in [2.75, 3.05) is 43.9 Å². The van der Waals surface area contributed by atoms with E-state index in [2.05, 4.69) is 29.5 Å². The lowest BCUT2D eigenvalue weighted by Crippen LogP contribution is -2.50. The highest BCUT2D eigenvalue weighted by Gasteiger charge is 2.35. The van der Waals surface area contributed by atoms with Crippen molar-refractivity contribution < 1.29 is 19.4 Å². The quantitative estimate of drug-likeness (QED) is 0.298. The first-order valence-corrected chi connectivity index (χ1v) is 15.3. The summed E-state index contributed by atoms with van der Waals surface area (Å²) in [6.45, 7) is 6.01. The topological polar surface area (TPSA) is 94.1 Å². The molecule has 224 valence electrons. The SMILES string of the molecule is C[C@@H]1CN([C@H](C)CO)C(=O)c2cccc(NC(=O)Nc3cccc4ccccc34)c2O[C@@H]1CN(C)CC1CCCCC1. The molecule has 8 heteroatoms. The Morgan fingerprint density at radius 3 is 2.48 bits per heavy atom. The summed E-state index contributed by atoms with van der Waals surface area (Å²) in [6.07, 6.45) is 6.25. The summed E-state index contributed by atoms with van der Waals surface area (Å²) < 4.78 is 6.70. The Morgan fingerprint density at radius 2 is 1.69 bits per heavy atom. The van der Waals surface area contributed by atoms with E-state index in [1.165, 1.54) is 32.1 Å². The zero-order valence-electron chi connectivity index (χ0n) is 25.0. The zero-order chi connectivity index (χ0) is 29.6. The number of nitrogens with zero attached hydrogens (tertiary/aromatic N) is 2. The number of aliphatic hydroxyl groups is 1. The Hall–Kier alpha value is -3.62. The number of urea groups is 1. The van der Waals surface area contributed by atoms with Gasteiger partial charge in [-0.1, -0.05) is 68.7 Å². The fourth-order valence-corrected chi connectivity index (χ4v) is 6.36. The largest absolute Gasteiger partial charge is 0.486 e. The highest BCUT2D eigenvalue weighted by molar-refractivity contribution is 6.08. The molecule has 1 aliphatic heterocycles. The van der Waals surface area contributed by atoms with Crippen LogP contribution in [0.5, 0.6) is 5.75 Å². The van der Waals surface area contributed by atoms with Crippen LogP contribution in [0.3, 0.4) is 0 Å². The van der Waals surface area contributed by atoms with Gasteiger partial charge in [0.15, 0.2) is 5.75 Å². The van der Waals surface area contributed by atoms with Gasteiger partial charge in [-0.15, -0.1) is 0 Å². The lowest BCUT2D eigenvalue weighted by atomic mass is 9.89. The lowest BCUT2D eigenvalue weighted by Gasteiger charge is -2.39. The molecule has 0 radical (unpaired) electrons. The average Bonchev–Trinajstić information content (AvgIpc) is 2.99. The summed E-state index contributed by atoms with van der Waals surface area (Å²) >= 11 is 0. The van der Waals surface area contributed by atoms with Crippen molar-refractivity contribution in [2.45, 2.75) is 58.1 Å². The number of benzene rings is 3. The van der Waals surface area contributed by atoms with E-state index in [0.29, 0.717) is 41.7 Å². The first-order chi connectivity index (χ1) is 20.3. The number of hydrogen-bond donors (Lipinski definition) is 3. The van der Waals surface area contributed by atoms with Crippen LogP contribution in [0, 0.1) is 11.8 Å². The number of carbonyl (C=O) groups is 2. The zero-order valence-corrected chi connectivity index (χ0v) is 25.0. The number of amides is 3. The first-order valence-electron chi connectivity index (χ1n) is 15.3. The molecular weight excluding hydrogens is 528 g/mol. The minimum atomic E-state index is -0.419. The van der Waals surface area contributed by atoms with Gasteiger partial charge in [0.25, 0.3) is 5.91 Å². The van der Waals surface area contributed by atoms with Gasteiger partial charge in [-0.2, -0.15) is 0 Å². The van der Waals surface area contributed by atoms with E-state index in [-0.39, 0.29) is 30.6 Å². The molecule has 0 aromatic heterocycles. The maximum Gasteiger partial charge on any atom is 0.323 e. The standard InChI is InChI=1S/C34H44N4O4/c1-23-19-38(24(2)22-39)33(40)28-16-10-18-30(32(28)42-31(23)21-37(3)20-25-11-5-4-6-12-25)36-34(41)35-29-17-9-14-26-13-7-8-15-27(26)29/h7-10,13-18,23-25,31,39H,4-6,11-12,19-22H2,1-3H3,(H2,35,36,41)/t23-,24-,31-/m1/s1. The van der Waals surface area contributed by atoms with E-state index >= 15 is 0 Å². The number of fused-ring (bicyclic) bond motifs is 2. The van der Waals surface area contributed by atoms with Gasteiger partial charge in [0.05, 0.1) is 29.6 Å². The Morgan fingerprint density at radius 1 is 1.00 bits per heavy atom. The number of likely N-dealkylation sites (N-methyl/N-ethyl adjacent to an activating group) is 1. The summed E-state index contributed by atoms with van der Waals surface area (Å²) in [6, 6.07) is 18.1. The van der Waals surface area contributed by atoms with E-state index in [0.717, 1.165) is 17.3 Å². The van der Waals surface area contributed by atoms with Crippen molar-refractivity contribution in [3.8, 4) is 5.75 Å². The van der Waals surface area contributed by atoms with Gasteiger partial charge in [-0.3, -0.25) is 4.79 Å². The number of anilines is 2. The van der Waals surface area contributed by atoms with Crippen LogP contribution >= 0.6 is 0 Å². The molecule has 42 heavy (non-hydrogen) atoms. The normalized spacial score (nSPS) is 20.4. The van der Waals surface area contributed by atoms with Crippen molar-refractivity contribution in [3.05, 3.63) is 66.2 Å². The van der Waals surface area contributed by atoms with E-state index in [1.807, 2.05) is 49.4 Å². The van der Waals surface area contributed by atoms with E-state index < -0.39 is 6.03 Å². The van der Waals surface area contributed by atoms with Crippen molar-refractivity contribution in [3.63, 3.8) is 0 Å². The molecule has 1 aliphatic carbocycles. The molecule has 8 nitrogen and oxygen atoms in total. The Balaban J connectivity index is 1.42. The van der Waals surface area contributed by atoms with Crippen molar-refractivity contribution in [1.29, 1.82) is 0 Å². The maximum absolute atomic E-state index is 13.8. The second kappa shape index (κ2) is 13.6. The second-order valence-corrected chi connectivity index (χ2v) is 12.1. The molecule has 3 N–H and O–H groups in total. The summed E-state index contributed by atoms with van der Waals surface area (Å²) in [7, 11) is 2.14. The monoisotopic (exact) mass is 572 g/mol. The van der Waals surface area contributed by atoms with Gasteiger partial charge in [0.2, 0.25) is 0 Å². The van der Waals surface area contributed by atoms with E-state index in [1.54, 1.807) is 23.1 Å². The van der Waals surface area contributed by atoms with Crippen LogP contribution < -0.4 is 15.4 Å². The van der Waals surface area contributed by atoms with Crippen molar-refractivity contribution in [2.24, 2.45) is 11.8 Å². The highest BCUT2D eigenvalue weighted by Crippen LogP contribution is 2.35. The number of nitrogens with one attached hydrogen (secondary N) is 2. The minimum absolute atomic E-state index is 0.00229. The fourth-order valence-electron chi connectivity index (χ4n) is 6.36. The molecule has 3 aromatic carbocycles. The molecule has 3 aromatic rings. The van der Waals surface area contributed by atoms with Crippen LogP contribution in [-0.2, 0) is 0 Å². The predicted molar refractivity (Wildman–Crippen MR) is 168 cm³/mol. The number of rotatable bonds is 8. The van der Waals surface area contributed by atoms with Gasteiger partial charge in [0, 0.05) is 30.9 Å². The van der Waals surface area contributed by atoms with Gasteiger partial charge in [0.1, 0.15) is 6.10 Å². The van der Waals surface area contributed by atoms with Crippen LogP contribution in [0.25, 0.3) is 10.8 Å². The van der Waals surface area contributed by atoms with Gasteiger partial charge >= 0.3 is 6.03 Å². The first kappa shape index (κ1) is 29.9. The van der Waals surface area contributed by atoms with Gasteiger partial charge in [-0.25, -0.2) is 4.79 Å². The van der Waals surface area contributed by atoms with Crippen LogP contribution in [0.4, 0.5) is 16.2 Å². The summed E-state index contributed by atoms with van der Waals surface area (Å²) in [4.78, 5) is 31.2. The molecular formula is C34H44N4O4. The number of para-hydroxylation sites is 1. The third-order valence-electron chi connectivity index (χ3n) is 8.76. The predicted octanol–water partition coefficient (Wildman–Crippen LogP) is 6.22. The lowest BCUT2D eigenvalue weighted by molar-refractivity contribution is 0.0333. The molecule has 0 spiro atoms. The van der Waals surface area contributed by atoms with Crippen LogP contribution in [0.1, 0.15) is 56.3 Å². The molecule has 2 aliphatic rings. The maximum atomic E-state index is 13.8. The Labute approximate surface area is 249 Å². The third-order valence-corrected chi connectivity index (χ3v) is 8.76. The van der Waals surface area contributed by atoms with Gasteiger partial charge < -0.3 is 30.3 Å². The molecule has 5 rings (SSSR count). The second-order valence-electron chi connectivity index (χ2n) is 12.1. The number of ether oxygens (including phenoxy) is 1.